The van der Waals surface area contributed by atoms with Crippen LogP contribution >= 0.6 is 11.3 Å². The maximum absolute atomic E-state index is 15.0. The first kappa shape index (κ1) is 23.1. The summed E-state index contributed by atoms with van der Waals surface area (Å²) in [6.07, 6.45) is 3.16. The molecule has 1 N–H and O–H groups in total. The van der Waals surface area contributed by atoms with Crippen LogP contribution in [0, 0.1) is 5.82 Å². The number of hydrogen-bond acceptors (Lipinski definition) is 7. The molecule has 0 unspecified atom stereocenters. The largest absolute Gasteiger partial charge is 0.487 e. The molecular formula is C22H28F2N2O5S. The molecule has 1 atom stereocenters. The van der Waals surface area contributed by atoms with E-state index in [0.717, 1.165) is 37.0 Å². The van der Waals surface area contributed by atoms with Crippen molar-refractivity contribution in [1.29, 1.82) is 0 Å². The summed E-state index contributed by atoms with van der Waals surface area (Å²) in [5, 5.41) is 3.03. The molecule has 2 heterocycles. The van der Waals surface area contributed by atoms with E-state index in [4.69, 9.17) is 18.9 Å². The highest BCUT2D eigenvalue weighted by atomic mass is 32.1. The molecule has 1 aliphatic heterocycles. The molecule has 1 saturated carbocycles. The molecule has 2 aliphatic rings. The molecule has 176 valence electrons. The highest BCUT2D eigenvalue weighted by Crippen LogP contribution is 2.36. The Bertz CT molecular complexity index is 944. The molecule has 2 fully saturated rings. The Hall–Kier alpha value is -2.04. The third-order valence-corrected chi connectivity index (χ3v) is 6.54. The number of hydrogen-bond donors (Lipinski definition) is 1. The Labute approximate surface area is 189 Å². The number of ether oxygens (including phenoxy) is 4. The van der Waals surface area contributed by atoms with Gasteiger partial charge in [-0.25, -0.2) is 13.8 Å². The number of nitrogens with zero attached hydrogens (tertiary/aromatic N) is 1. The minimum Gasteiger partial charge on any atom is -0.487 e. The van der Waals surface area contributed by atoms with Gasteiger partial charge in [0.15, 0.2) is 17.2 Å². The van der Waals surface area contributed by atoms with Crippen LogP contribution in [0.25, 0.3) is 10.2 Å². The van der Waals surface area contributed by atoms with Crippen molar-refractivity contribution >= 4 is 27.5 Å². The summed E-state index contributed by atoms with van der Waals surface area (Å²) in [6, 6.07) is 3.23. The molecule has 4 rings (SSSR count). The van der Waals surface area contributed by atoms with E-state index in [0.29, 0.717) is 16.8 Å². The third kappa shape index (κ3) is 5.65. The average Bonchev–Trinajstić information content (AvgIpc) is 3.16. The molecular weight excluding hydrogens is 442 g/mol. The first-order chi connectivity index (χ1) is 15.3. The van der Waals surface area contributed by atoms with Gasteiger partial charge in [-0.2, -0.15) is 0 Å². The number of benzene rings is 1. The molecule has 0 spiro atoms. The number of thiazole rings is 1. The van der Waals surface area contributed by atoms with E-state index in [1.54, 1.807) is 12.1 Å². The van der Waals surface area contributed by atoms with Crippen LogP contribution in [0.2, 0.25) is 0 Å². The predicted molar refractivity (Wildman–Crippen MR) is 116 cm³/mol. The summed E-state index contributed by atoms with van der Waals surface area (Å²) in [4.78, 5) is 15.3. The van der Waals surface area contributed by atoms with Gasteiger partial charge in [-0.05, 0) is 44.7 Å². The van der Waals surface area contributed by atoms with E-state index in [-0.39, 0.29) is 54.9 Å². The standard InChI is InChI=1S/C22H28F2N2O5S/c1-13(25-14(2)27)9-29-15-3-5-16(6-4-15)31-18-8-7-17-20(19(18)23)32-21(26-17)30-12-22(24)10-28-11-22/h7-8,13,15-16H,3-6,9-12H2,1-2H3,(H,25,27)/t13-,15-,16-/m0/s1. The number of carbonyl (C=O) groups is 1. The topological polar surface area (TPSA) is 78.9 Å². The van der Waals surface area contributed by atoms with E-state index in [1.807, 2.05) is 6.92 Å². The zero-order valence-electron chi connectivity index (χ0n) is 18.2. The van der Waals surface area contributed by atoms with Crippen LogP contribution in [-0.4, -0.2) is 61.2 Å². The Morgan fingerprint density at radius 3 is 2.69 bits per heavy atom. The summed E-state index contributed by atoms with van der Waals surface area (Å²) < 4.78 is 51.5. The van der Waals surface area contributed by atoms with Crippen LogP contribution in [0.3, 0.4) is 0 Å². The molecule has 32 heavy (non-hydrogen) atoms. The minimum atomic E-state index is -1.49. The molecule has 1 aromatic heterocycles. The van der Waals surface area contributed by atoms with Gasteiger partial charge >= 0.3 is 0 Å². The molecule has 0 bridgehead atoms. The molecule has 7 nitrogen and oxygen atoms in total. The fourth-order valence-corrected chi connectivity index (χ4v) is 4.68. The van der Waals surface area contributed by atoms with Gasteiger partial charge in [-0.15, -0.1) is 0 Å². The van der Waals surface area contributed by atoms with Gasteiger partial charge in [0, 0.05) is 13.0 Å². The van der Waals surface area contributed by atoms with E-state index in [9.17, 15) is 9.18 Å². The number of alkyl halides is 1. The van der Waals surface area contributed by atoms with Gasteiger partial charge in [0.05, 0.1) is 42.2 Å². The first-order valence-electron chi connectivity index (χ1n) is 10.9. The Morgan fingerprint density at radius 2 is 2.03 bits per heavy atom. The number of aromatic nitrogens is 1. The Kier molecular flexibility index (Phi) is 7.11. The lowest BCUT2D eigenvalue weighted by molar-refractivity contribution is -0.146. The third-order valence-electron chi connectivity index (χ3n) is 5.56. The van der Waals surface area contributed by atoms with Crippen molar-refractivity contribution in [3.63, 3.8) is 0 Å². The van der Waals surface area contributed by atoms with Crippen LogP contribution in [0.15, 0.2) is 12.1 Å². The smallest absolute Gasteiger partial charge is 0.274 e. The Balaban J connectivity index is 1.28. The maximum atomic E-state index is 15.0. The van der Waals surface area contributed by atoms with Crippen LogP contribution in [0.5, 0.6) is 10.9 Å². The van der Waals surface area contributed by atoms with Crippen molar-refractivity contribution in [1.82, 2.24) is 10.3 Å². The highest BCUT2D eigenvalue weighted by Gasteiger charge is 2.40. The number of amides is 1. The monoisotopic (exact) mass is 470 g/mol. The van der Waals surface area contributed by atoms with Crippen molar-refractivity contribution < 1.29 is 32.5 Å². The summed E-state index contributed by atoms with van der Waals surface area (Å²) >= 11 is 1.04. The normalized spacial score (nSPS) is 23.4. The maximum Gasteiger partial charge on any atom is 0.274 e. The fraction of sp³-hybridized carbons (Fsp3) is 0.636. The lowest BCUT2D eigenvalue weighted by Gasteiger charge is -2.32. The van der Waals surface area contributed by atoms with Crippen LogP contribution < -0.4 is 14.8 Å². The minimum absolute atomic E-state index is 0.00581. The lowest BCUT2D eigenvalue weighted by Crippen LogP contribution is -2.50. The summed E-state index contributed by atoms with van der Waals surface area (Å²) in [5.74, 6) is -0.360. The van der Waals surface area contributed by atoms with Crippen molar-refractivity contribution in [2.45, 2.75) is 63.4 Å². The summed E-state index contributed by atoms with van der Waals surface area (Å²) in [5.41, 5.74) is -1.03. The van der Waals surface area contributed by atoms with E-state index < -0.39 is 11.5 Å². The van der Waals surface area contributed by atoms with Gasteiger partial charge in [0.25, 0.3) is 5.19 Å². The van der Waals surface area contributed by atoms with Gasteiger partial charge in [0.2, 0.25) is 5.91 Å². The second-order valence-corrected chi connectivity index (χ2v) is 9.55. The molecule has 2 aromatic rings. The summed E-state index contributed by atoms with van der Waals surface area (Å²) in [7, 11) is 0. The number of halogens is 2. The quantitative estimate of drug-likeness (QED) is 0.601. The molecule has 10 heteroatoms. The van der Waals surface area contributed by atoms with Gasteiger partial charge in [-0.3, -0.25) is 4.79 Å². The number of carbonyl (C=O) groups excluding carboxylic acids is 1. The highest BCUT2D eigenvalue weighted by molar-refractivity contribution is 7.20. The van der Waals surface area contributed by atoms with E-state index in [2.05, 4.69) is 10.3 Å². The fourth-order valence-electron chi connectivity index (χ4n) is 3.84. The molecule has 1 aromatic carbocycles. The molecule has 1 amide bonds. The van der Waals surface area contributed by atoms with Gasteiger partial charge in [-0.1, -0.05) is 11.3 Å². The predicted octanol–water partition coefficient (Wildman–Crippen LogP) is 3.78. The van der Waals surface area contributed by atoms with Crippen LogP contribution in [-0.2, 0) is 14.3 Å². The molecule has 1 saturated heterocycles. The van der Waals surface area contributed by atoms with Crippen molar-refractivity contribution in [2.75, 3.05) is 26.4 Å². The van der Waals surface area contributed by atoms with Gasteiger partial charge in [0.1, 0.15) is 6.61 Å². The Morgan fingerprint density at radius 1 is 1.31 bits per heavy atom. The lowest BCUT2D eigenvalue weighted by atomic mass is 9.95. The zero-order valence-corrected chi connectivity index (χ0v) is 19.0. The summed E-state index contributed by atoms with van der Waals surface area (Å²) in [6.45, 7) is 3.71. The van der Waals surface area contributed by atoms with Crippen molar-refractivity contribution in [2.24, 2.45) is 0 Å². The van der Waals surface area contributed by atoms with Crippen LogP contribution in [0.4, 0.5) is 8.78 Å². The van der Waals surface area contributed by atoms with E-state index >= 15 is 4.39 Å². The van der Waals surface area contributed by atoms with Crippen LogP contribution in [0.1, 0.15) is 39.5 Å². The second kappa shape index (κ2) is 9.84. The van der Waals surface area contributed by atoms with Crippen molar-refractivity contribution in [3.8, 4) is 10.9 Å². The SMILES string of the molecule is CC(=O)N[C@@H](C)CO[C@H]1CC[C@H](Oc2ccc3nc(OCC4(F)COC4)sc3c2F)CC1. The molecule has 0 radical (unpaired) electrons. The average molecular weight is 471 g/mol. The van der Waals surface area contributed by atoms with E-state index in [1.165, 1.54) is 6.92 Å². The number of nitrogens with one attached hydrogen (secondary N) is 1. The zero-order chi connectivity index (χ0) is 22.7. The first-order valence-corrected chi connectivity index (χ1v) is 11.7. The number of fused-ring (bicyclic) bond motifs is 1. The molecule has 1 aliphatic carbocycles. The number of rotatable bonds is 9. The van der Waals surface area contributed by atoms with Crippen molar-refractivity contribution in [3.05, 3.63) is 17.9 Å². The van der Waals surface area contributed by atoms with Gasteiger partial charge < -0.3 is 24.3 Å². The second-order valence-electron chi connectivity index (χ2n) is 8.59.